The molecule has 1 aromatic carbocycles. The lowest BCUT2D eigenvalue weighted by molar-refractivity contribution is 0.0945. The summed E-state index contributed by atoms with van der Waals surface area (Å²) in [7, 11) is 0. The molecule has 1 amide bonds. The van der Waals surface area contributed by atoms with Crippen LogP contribution >= 0.6 is 0 Å². The van der Waals surface area contributed by atoms with Crippen LogP contribution in [0.3, 0.4) is 0 Å². The average molecular weight is 295 g/mol. The second-order valence-corrected chi connectivity index (χ2v) is 6.08. The molecule has 1 aliphatic carbocycles. The summed E-state index contributed by atoms with van der Waals surface area (Å²) in [5, 5.41) is 0. The monoisotopic (exact) mass is 295 g/mol. The number of rotatable bonds is 1. The standard InChI is InChI=1S/C18H17NO3/c1-11-9-12-5-2-3-6-14(12)19(11)18(21)17-10-13-15(20)7-4-8-16(13)22-17/h2-3,5-6,10-11H,4,7-9H2,1H3. The molecule has 1 aliphatic heterocycles. The highest BCUT2D eigenvalue weighted by atomic mass is 16.4. The van der Waals surface area contributed by atoms with Gasteiger partial charge < -0.3 is 9.32 Å². The number of nitrogens with zero attached hydrogens (tertiary/aromatic N) is 1. The highest BCUT2D eigenvalue weighted by Gasteiger charge is 2.34. The van der Waals surface area contributed by atoms with E-state index in [1.54, 1.807) is 11.0 Å². The molecule has 1 atom stereocenters. The van der Waals surface area contributed by atoms with Gasteiger partial charge in [0.15, 0.2) is 11.5 Å². The van der Waals surface area contributed by atoms with Gasteiger partial charge in [-0.05, 0) is 31.4 Å². The molecule has 0 N–H and O–H groups in total. The Morgan fingerprint density at radius 2 is 2.09 bits per heavy atom. The minimum absolute atomic E-state index is 0.0823. The highest BCUT2D eigenvalue weighted by molar-refractivity contribution is 6.08. The van der Waals surface area contributed by atoms with E-state index in [2.05, 4.69) is 6.07 Å². The maximum absolute atomic E-state index is 12.9. The lowest BCUT2D eigenvalue weighted by Gasteiger charge is -2.21. The van der Waals surface area contributed by atoms with E-state index in [4.69, 9.17) is 4.42 Å². The highest BCUT2D eigenvalue weighted by Crippen LogP contribution is 2.34. The van der Waals surface area contributed by atoms with Crippen LogP contribution in [0, 0.1) is 0 Å². The fraction of sp³-hybridized carbons (Fsp3) is 0.333. The molecular formula is C18H17NO3. The third-order valence-electron chi connectivity index (χ3n) is 4.55. The molecule has 1 aromatic heterocycles. The number of furan rings is 1. The predicted octanol–water partition coefficient (Wildman–Crippen LogP) is 3.39. The van der Waals surface area contributed by atoms with E-state index in [9.17, 15) is 9.59 Å². The van der Waals surface area contributed by atoms with Crippen molar-refractivity contribution in [1.29, 1.82) is 0 Å². The molecule has 1 unspecified atom stereocenters. The number of carbonyl (C=O) groups excluding carboxylic acids is 2. The van der Waals surface area contributed by atoms with Crippen LogP contribution < -0.4 is 4.90 Å². The van der Waals surface area contributed by atoms with E-state index in [0.29, 0.717) is 17.7 Å². The summed E-state index contributed by atoms with van der Waals surface area (Å²) in [6.45, 7) is 2.03. The molecular weight excluding hydrogens is 278 g/mol. The van der Waals surface area contributed by atoms with E-state index < -0.39 is 0 Å². The van der Waals surface area contributed by atoms with Gasteiger partial charge in [-0.1, -0.05) is 18.2 Å². The zero-order valence-electron chi connectivity index (χ0n) is 12.5. The number of amides is 1. The van der Waals surface area contributed by atoms with Gasteiger partial charge in [0.05, 0.1) is 5.56 Å². The van der Waals surface area contributed by atoms with E-state index in [-0.39, 0.29) is 23.5 Å². The average Bonchev–Trinajstić information content (AvgIpc) is 3.07. The molecule has 2 aromatic rings. The first-order valence-electron chi connectivity index (χ1n) is 7.72. The Morgan fingerprint density at radius 3 is 2.91 bits per heavy atom. The summed E-state index contributed by atoms with van der Waals surface area (Å²) in [4.78, 5) is 26.6. The van der Waals surface area contributed by atoms with Gasteiger partial charge in [0.25, 0.3) is 5.91 Å². The largest absolute Gasteiger partial charge is 0.455 e. The molecule has 22 heavy (non-hydrogen) atoms. The van der Waals surface area contributed by atoms with E-state index in [0.717, 1.165) is 24.9 Å². The Balaban J connectivity index is 1.72. The second kappa shape index (κ2) is 4.83. The van der Waals surface area contributed by atoms with Crippen LogP contribution in [0.2, 0.25) is 0 Å². The van der Waals surface area contributed by atoms with Crippen LogP contribution in [-0.2, 0) is 12.8 Å². The number of benzene rings is 1. The van der Waals surface area contributed by atoms with E-state index >= 15 is 0 Å². The number of aryl methyl sites for hydroxylation is 1. The third kappa shape index (κ3) is 1.90. The molecule has 4 heteroatoms. The van der Waals surface area contributed by atoms with Gasteiger partial charge in [-0.15, -0.1) is 0 Å². The molecule has 0 spiro atoms. The van der Waals surface area contributed by atoms with Crippen LogP contribution in [0.4, 0.5) is 5.69 Å². The van der Waals surface area contributed by atoms with Gasteiger partial charge in [0, 0.05) is 30.6 Å². The number of hydrogen-bond donors (Lipinski definition) is 0. The Labute approximate surface area is 128 Å². The lowest BCUT2D eigenvalue weighted by Crippen LogP contribution is -2.35. The Bertz CT molecular complexity index is 774. The van der Waals surface area contributed by atoms with Crippen molar-refractivity contribution in [2.45, 2.75) is 38.6 Å². The third-order valence-corrected chi connectivity index (χ3v) is 4.55. The van der Waals surface area contributed by atoms with Crippen LogP contribution in [-0.4, -0.2) is 17.7 Å². The van der Waals surface area contributed by atoms with Gasteiger partial charge in [-0.2, -0.15) is 0 Å². The van der Waals surface area contributed by atoms with Gasteiger partial charge in [-0.25, -0.2) is 0 Å². The summed E-state index contributed by atoms with van der Waals surface area (Å²) in [6, 6.07) is 9.67. The number of hydrogen-bond acceptors (Lipinski definition) is 3. The van der Waals surface area contributed by atoms with Crippen LogP contribution in [0.25, 0.3) is 0 Å². The zero-order chi connectivity index (χ0) is 15.3. The number of para-hydroxylation sites is 1. The zero-order valence-corrected chi connectivity index (χ0v) is 12.5. The summed E-state index contributed by atoms with van der Waals surface area (Å²) < 4.78 is 5.70. The van der Waals surface area contributed by atoms with Crippen molar-refractivity contribution >= 4 is 17.4 Å². The minimum Gasteiger partial charge on any atom is -0.455 e. The molecule has 0 radical (unpaired) electrons. The first kappa shape index (κ1) is 13.3. The van der Waals surface area contributed by atoms with Gasteiger partial charge >= 0.3 is 0 Å². The van der Waals surface area contributed by atoms with E-state index in [1.165, 1.54) is 5.56 Å². The fourth-order valence-corrected chi connectivity index (χ4v) is 3.49. The first-order chi connectivity index (χ1) is 10.6. The van der Waals surface area contributed by atoms with Crippen molar-refractivity contribution in [2.24, 2.45) is 0 Å². The smallest absolute Gasteiger partial charge is 0.294 e. The van der Waals surface area contributed by atoms with Crippen LogP contribution in [0.5, 0.6) is 0 Å². The number of anilines is 1. The van der Waals surface area contributed by atoms with E-state index in [1.807, 2.05) is 25.1 Å². The Kier molecular flexibility index (Phi) is 2.93. The molecule has 4 nitrogen and oxygen atoms in total. The Hall–Kier alpha value is -2.36. The van der Waals surface area contributed by atoms with Crippen molar-refractivity contribution in [1.82, 2.24) is 0 Å². The number of carbonyl (C=O) groups is 2. The maximum atomic E-state index is 12.9. The molecule has 2 aliphatic rings. The quantitative estimate of drug-likeness (QED) is 0.810. The predicted molar refractivity (Wildman–Crippen MR) is 82.4 cm³/mol. The number of ketones is 1. The van der Waals surface area contributed by atoms with Crippen molar-refractivity contribution in [2.75, 3.05) is 4.90 Å². The molecule has 112 valence electrons. The van der Waals surface area contributed by atoms with Crippen molar-refractivity contribution in [3.63, 3.8) is 0 Å². The Morgan fingerprint density at radius 1 is 1.27 bits per heavy atom. The first-order valence-corrected chi connectivity index (χ1v) is 7.72. The topological polar surface area (TPSA) is 50.5 Å². The summed E-state index contributed by atoms with van der Waals surface area (Å²) in [5.74, 6) is 0.877. The van der Waals surface area contributed by atoms with Crippen molar-refractivity contribution < 1.29 is 14.0 Å². The normalized spacial score (nSPS) is 20.0. The van der Waals surface area contributed by atoms with Crippen LogP contribution in [0.15, 0.2) is 34.7 Å². The number of Topliss-reactive ketones (excluding diaryl/α,β-unsaturated/α-hetero) is 1. The van der Waals surface area contributed by atoms with Crippen molar-refractivity contribution in [3.05, 3.63) is 53.0 Å². The summed E-state index contributed by atoms with van der Waals surface area (Å²) in [6.07, 6.45) is 2.93. The number of fused-ring (bicyclic) bond motifs is 2. The van der Waals surface area contributed by atoms with Gasteiger partial charge in [0.1, 0.15) is 5.76 Å². The molecule has 0 bridgehead atoms. The summed E-state index contributed by atoms with van der Waals surface area (Å²) in [5.41, 5.74) is 2.71. The molecule has 4 rings (SSSR count). The van der Waals surface area contributed by atoms with Crippen molar-refractivity contribution in [3.8, 4) is 0 Å². The molecule has 2 heterocycles. The molecule has 0 fully saturated rings. The summed E-state index contributed by atoms with van der Waals surface area (Å²) >= 11 is 0. The maximum Gasteiger partial charge on any atom is 0.294 e. The molecule has 0 saturated heterocycles. The minimum atomic E-state index is -0.153. The SMILES string of the molecule is CC1Cc2ccccc2N1C(=O)c1cc2c(o1)CCCC2=O. The van der Waals surface area contributed by atoms with Gasteiger partial charge in [-0.3, -0.25) is 9.59 Å². The van der Waals surface area contributed by atoms with Crippen LogP contribution in [0.1, 0.15) is 52.0 Å². The second-order valence-electron chi connectivity index (χ2n) is 6.08. The van der Waals surface area contributed by atoms with Gasteiger partial charge in [0.2, 0.25) is 0 Å². The lowest BCUT2D eigenvalue weighted by atomic mass is 9.97. The fourth-order valence-electron chi connectivity index (χ4n) is 3.49. The molecule has 0 saturated carbocycles.